The van der Waals surface area contributed by atoms with Crippen LogP contribution in [0.3, 0.4) is 0 Å². The molecule has 0 aliphatic heterocycles. The quantitative estimate of drug-likeness (QED) is 0.295. The molecule has 1 rings (SSSR count). The molecular formula is C31H52N4O4. The van der Waals surface area contributed by atoms with Crippen molar-refractivity contribution in [2.75, 3.05) is 34.7 Å². The van der Waals surface area contributed by atoms with Crippen LogP contribution in [0.1, 0.15) is 66.4 Å². The van der Waals surface area contributed by atoms with Crippen LogP contribution in [0.25, 0.3) is 0 Å². The minimum Gasteiger partial charge on any atom is -0.344 e. The number of rotatable bonds is 16. The largest absolute Gasteiger partial charge is 0.344 e. The molecule has 0 bridgehead atoms. The summed E-state index contributed by atoms with van der Waals surface area (Å²) in [6, 6.07) is 7.38. The number of hydrogen-bond acceptors (Lipinski definition) is 4. The molecule has 0 heterocycles. The fourth-order valence-corrected chi connectivity index (χ4v) is 4.75. The zero-order chi connectivity index (χ0) is 29.9. The van der Waals surface area contributed by atoms with Gasteiger partial charge in [0, 0.05) is 41.2 Å². The highest BCUT2D eigenvalue weighted by Crippen LogP contribution is 2.22. The molecule has 0 spiro atoms. The average Bonchev–Trinajstić information content (AvgIpc) is 2.91. The Morgan fingerprint density at radius 3 is 1.85 bits per heavy atom. The van der Waals surface area contributed by atoms with E-state index in [4.69, 9.17) is 0 Å². The van der Waals surface area contributed by atoms with Crippen LogP contribution < -0.4 is 0 Å². The van der Waals surface area contributed by atoms with Gasteiger partial charge >= 0.3 is 0 Å². The van der Waals surface area contributed by atoms with Crippen molar-refractivity contribution in [1.29, 1.82) is 0 Å². The van der Waals surface area contributed by atoms with Crippen molar-refractivity contribution < 1.29 is 19.2 Å². The predicted molar refractivity (Wildman–Crippen MR) is 157 cm³/mol. The van der Waals surface area contributed by atoms with Gasteiger partial charge in [0.2, 0.25) is 24.1 Å². The average molecular weight is 545 g/mol. The van der Waals surface area contributed by atoms with Gasteiger partial charge in [-0.1, -0.05) is 78.3 Å². The summed E-state index contributed by atoms with van der Waals surface area (Å²) in [5, 5.41) is 0. The molecule has 8 heteroatoms. The molecule has 0 saturated carbocycles. The summed E-state index contributed by atoms with van der Waals surface area (Å²) >= 11 is 0. The summed E-state index contributed by atoms with van der Waals surface area (Å²) in [5.74, 6) is -0.110. The number of benzene rings is 1. The van der Waals surface area contributed by atoms with Crippen molar-refractivity contribution in [3.05, 3.63) is 35.9 Å². The SMILES string of the molecule is CC[C@H](C)[C@@H](C(=O)N(C)CCC(C)C)N(C)C(=O)[C@H](CC(C)C)N(C)C(=O)[C@H](Cc1ccccc1)N(C)C=O. The molecule has 0 aliphatic carbocycles. The lowest BCUT2D eigenvalue weighted by Crippen LogP contribution is -2.59. The molecule has 1 aromatic carbocycles. The number of likely N-dealkylation sites (N-methyl/N-ethyl adjacent to an activating group) is 4. The van der Waals surface area contributed by atoms with E-state index in [0.29, 0.717) is 31.7 Å². The minimum absolute atomic E-state index is 0.0549. The number of hydrogen-bond donors (Lipinski definition) is 0. The number of carbonyl (C=O) groups is 4. The summed E-state index contributed by atoms with van der Waals surface area (Å²) in [6.07, 6.45) is 3.05. The molecule has 1 aromatic rings. The lowest BCUT2D eigenvalue weighted by atomic mass is 9.94. The molecule has 220 valence electrons. The molecule has 0 N–H and O–H groups in total. The second-order valence-corrected chi connectivity index (χ2v) is 11.8. The second-order valence-electron chi connectivity index (χ2n) is 11.8. The Labute approximate surface area is 236 Å². The smallest absolute Gasteiger partial charge is 0.246 e. The number of carbonyl (C=O) groups excluding carboxylic acids is 4. The van der Waals surface area contributed by atoms with Gasteiger partial charge in [-0.25, -0.2) is 0 Å². The molecule has 0 aromatic heterocycles. The van der Waals surface area contributed by atoms with Crippen molar-refractivity contribution in [3.63, 3.8) is 0 Å². The standard InChI is InChI=1S/C31H52N4O4/c1-11-24(6)28(31(39)32(7)18-17-22(2)3)35(10)30(38)27(19-23(4)5)34(9)29(37)26(33(8)21-36)20-25-15-13-12-14-16-25/h12-16,21-24,26-28H,11,17-20H2,1-10H3/t24-,26-,27-,28-/m0/s1. The first-order valence-electron chi connectivity index (χ1n) is 14.3. The van der Waals surface area contributed by atoms with E-state index in [1.807, 2.05) is 58.0 Å². The third-order valence-electron chi connectivity index (χ3n) is 7.63. The van der Waals surface area contributed by atoms with E-state index < -0.39 is 18.1 Å². The Balaban J connectivity index is 3.33. The van der Waals surface area contributed by atoms with E-state index in [1.165, 1.54) is 9.80 Å². The molecule has 8 nitrogen and oxygen atoms in total. The van der Waals surface area contributed by atoms with E-state index in [9.17, 15) is 19.2 Å². The van der Waals surface area contributed by atoms with Gasteiger partial charge in [0.05, 0.1) is 0 Å². The van der Waals surface area contributed by atoms with Crippen LogP contribution in [0.15, 0.2) is 30.3 Å². The molecule has 0 aliphatic rings. The van der Waals surface area contributed by atoms with Gasteiger partial charge in [0.25, 0.3) is 0 Å². The summed E-state index contributed by atoms with van der Waals surface area (Å²) in [7, 11) is 6.69. The van der Waals surface area contributed by atoms with E-state index in [1.54, 1.807) is 38.0 Å². The fourth-order valence-electron chi connectivity index (χ4n) is 4.75. The van der Waals surface area contributed by atoms with E-state index in [2.05, 4.69) is 13.8 Å². The van der Waals surface area contributed by atoms with Crippen molar-refractivity contribution in [2.45, 2.75) is 85.4 Å². The van der Waals surface area contributed by atoms with Gasteiger partial charge < -0.3 is 19.6 Å². The van der Waals surface area contributed by atoms with Gasteiger partial charge in [0.15, 0.2) is 0 Å². The first-order valence-corrected chi connectivity index (χ1v) is 14.3. The summed E-state index contributed by atoms with van der Waals surface area (Å²) in [4.78, 5) is 59.3. The fraction of sp³-hybridized carbons (Fsp3) is 0.677. The molecule has 4 amide bonds. The van der Waals surface area contributed by atoms with Crippen LogP contribution >= 0.6 is 0 Å². The second kappa shape index (κ2) is 16.3. The monoisotopic (exact) mass is 544 g/mol. The van der Waals surface area contributed by atoms with Crippen LogP contribution in [0.5, 0.6) is 0 Å². The van der Waals surface area contributed by atoms with E-state index in [-0.39, 0.29) is 29.6 Å². The molecule has 0 saturated heterocycles. The normalized spacial score (nSPS) is 14.4. The van der Waals surface area contributed by atoms with Crippen molar-refractivity contribution >= 4 is 24.1 Å². The van der Waals surface area contributed by atoms with Gasteiger partial charge in [-0.05, 0) is 36.2 Å². The molecule has 0 radical (unpaired) electrons. The Kier molecular flexibility index (Phi) is 14.2. The molecule has 4 atom stereocenters. The van der Waals surface area contributed by atoms with Crippen LogP contribution in [0.2, 0.25) is 0 Å². The lowest BCUT2D eigenvalue weighted by molar-refractivity contribution is -0.153. The highest BCUT2D eigenvalue weighted by Gasteiger charge is 2.39. The van der Waals surface area contributed by atoms with Gasteiger partial charge in [-0.15, -0.1) is 0 Å². The van der Waals surface area contributed by atoms with E-state index in [0.717, 1.165) is 18.4 Å². The van der Waals surface area contributed by atoms with Crippen molar-refractivity contribution in [2.24, 2.45) is 17.8 Å². The van der Waals surface area contributed by atoms with Gasteiger partial charge in [0.1, 0.15) is 18.1 Å². The maximum atomic E-state index is 14.1. The van der Waals surface area contributed by atoms with Crippen LogP contribution in [0, 0.1) is 17.8 Å². The van der Waals surface area contributed by atoms with Crippen LogP contribution in [-0.4, -0.2) is 96.6 Å². The number of amides is 4. The molecule has 0 fully saturated rings. The maximum absolute atomic E-state index is 14.1. The van der Waals surface area contributed by atoms with Crippen LogP contribution in [0.4, 0.5) is 0 Å². The zero-order valence-electron chi connectivity index (χ0n) is 25.9. The molecule has 39 heavy (non-hydrogen) atoms. The zero-order valence-corrected chi connectivity index (χ0v) is 25.9. The highest BCUT2D eigenvalue weighted by atomic mass is 16.2. The Morgan fingerprint density at radius 2 is 1.36 bits per heavy atom. The van der Waals surface area contributed by atoms with Gasteiger partial charge in [-0.3, -0.25) is 19.2 Å². The molecule has 0 unspecified atom stereocenters. The maximum Gasteiger partial charge on any atom is 0.246 e. The summed E-state index contributed by atoms with van der Waals surface area (Å²) < 4.78 is 0. The predicted octanol–water partition coefficient (Wildman–Crippen LogP) is 3.94. The Morgan fingerprint density at radius 1 is 0.795 bits per heavy atom. The van der Waals surface area contributed by atoms with Crippen molar-refractivity contribution in [1.82, 2.24) is 19.6 Å². The first kappa shape index (κ1) is 34.1. The van der Waals surface area contributed by atoms with E-state index >= 15 is 0 Å². The summed E-state index contributed by atoms with van der Waals surface area (Å²) in [6.45, 7) is 12.9. The summed E-state index contributed by atoms with van der Waals surface area (Å²) in [5.41, 5.74) is 0.925. The highest BCUT2D eigenvalue weighted by molar-refractivity contribution is 5.93. The topological polar surface area (TPSA) is 81.2 Å². The first-order chi connectivity index (χ1) is 18.3. The lowest BCUT2D eigenvalue weighted by Gasteiger charge is -2.39. The Hall–Kier alpha value is -2.90. The number of nitrogens with zero attached hydrogens (tertiary/aromatic N) is 4. The van der Waals surface area contributed by atoms with Crippen molar-refractivity contribution in [3.8, 4) is 0 Å². The van der Waals surface area contributed by atoms with Gasteiger partial charge in [-0.2, -0.15) is 0 Å². The molecular weight excluding hydrogens is 492 g/mol. The van der Waals surface area contributed by atoms with Crippen LogP contribution in [-0.2, 0) is 25.6 Å². The third kappa shape index (κ3) is 9.97. The minimum atomic E-state index is -0.763. The third-order valence-corrected chi connectivity index (χ3v) is 7.63. The Bertz CT molecular complexity index is 920.